The van der Waals surface area contributed by atoms with E-state index < -0.39 is 29.7 Å². The number of ether oxygens (including phenoxy) is 2. The SMILES string of the molecule is C=CCOC(=O)Nc1ccc(C(=O)O)c(OC(F)(F)F)c1. The molecule has 0 aliphatic carbocycles. The van der Waals surface area contributed by atoms with E-state index in [4.69, 9.17) is 5.11 Å². The van der Waals surface area contributed by atoms with Crippen molar-refractivity contribution in [3.63, 3.8) is 0 Å². The Bertz CT molecular complexity index is 556. The van der Waals surface area contributed by atoms with Crippen molar-refractivity contribution >= 4 is 17.7 Å². The number of carbonyl (C=O) groups excluding carboxylic acids is 1. The lowest BCUT2D eigenvalue weighted by Gasteiger charge is -2.13. The summed E-state index contributed by atoms with van der Waals surface area (Å²) in [5, 5.41) is 10.9. The van der Waals surface area contributed by atoms with Crippen LogP contribution < -0.4 is 10.1 Å². The Balaban J connectivity index is 2.98. The molecule has 0 radical (unpaired) electrons. The average molecular weight is 305 g/mol. The predicted octanol–water partition coefficient (Wildman–Crippen LogP) is 3.02. The minimum atomic E-state index is -5.06. The second-order valence-corrected chi connectivity index (χ2v) is 3.58. The summed E-state index contributed by atoms with van der Waals surface area (Å²) in [7, 11) is 0. The molecule has 0 saturated heterocycles. The standard InChI is InChI=1S/C12H10F3NO5/c1-2-5-20-11(19)16-7-3-4-8(10(17)18)9(6-7)21-12(13,14)15/h2-4,6H,1,5H2,(H,16,19)(H,17,18). The highest BCUT2D eigenvalue weighted by Gasteiger charge is 2.33. The molecule has 0 unspecified atom stereocenters. The van der Waals surface area contributed by atoms with E-state index in [2.05, 4.69) is 21.4 Å². The molecule has 0 spiro atoms. The van der Waals surface area contributed by atoms with Gasteiger partial charge in [-0.1, -0.05) is 12.7 Å². The van der Waals surface area contributed by atoms with Crippen LogP contribution in [-0.4, -0.2) is 30.1 Å². The number of hydrogen-bond acceptors (Lipinski definition) is 4. The molecular formula is C12H10F3NO5. The predicted molar refractivity (Wildman–Crippen MR) is 65.3 cm³/mol. The summed E-state index contributed by atoms with van der Waals surface area (Å²) in [5.41, 5.74) is -0.814. The maximum atomic E-state index is 12.2. The van der Waals surface area contributed by atoms with Gasteiger partial charge in [0, 0.05) is 11.8 Å². The maximum absolute atomic E-state index is 12.2. The van der Waals surface area contributed by atoms with Crippen molar-refractivity contribution in [1.29, 1.82) is 0 Å². The Morgan fingerprint density at radius 3 is 2.57 bits per heavy atom. The van der Waals surface area contributed by atoms with Crippen molar-refractivity contribution in [1.82, 2.24) is 0 Å². The number of benzene rings is 1. The first-order valence-electron chi connectivity index (χ1n) is 5.40. The molecule has 1 rings (SSSR count). The molecule has 2 N–H and O–H groups in total. The molecule has 1 aromatic rings. The third kappa shape index (κ3) is 5.43. The van der Waals surface area contributed by atoms with Gasteiger partial charge >= 0.3 is 18.4 Å². The molecule has 1 aromatic carbocycles. The van der Waals surface area contributed by atoms with Crippen molar-refractivity contribution in [3.05, 3.63) is 36.4 Å². The molecular weight excluding hydrogens is 295 g/mol. The van der Waals surface area contributed by atoms with E-state index in [-0.39, 0.29) is 12.3 Å². The summed E-state index contributed by atoms with van der Waals surface area (Å²) < 4.78 is 44.8. The minimum Gasteiger partial charge on any atom is -0.478 e. The number of hydrogen-bond donors (Lipinski definition) is 2. The van der Waals surface area contributed by atoms with Crippen LogP contribution in [0.15, 0.2) is 30.9 Å². The fourth-order valence-electron chi connectivity index (χ4n) is 1.27. The van der Waals surface area contributed by atoms with Gasteiger partial charge in [-0.25, -0.2) is 9.59 Å². The Morgan fingerprint density at radius 1 is 1.38 bits per heavy atom. The quantitative estimate of drug-likeness (QED) is 0.817. The lowest BCUT2D eigenvalue weighted by atomic mass is 10.2. The lowest BCUT2D eigenvalue weighted by molar-refractivity contribution is -0.274. The number of carboxylic acids is 1. The van der Waals surface area contributed by atoms with Gasteiger partial charge in [0.15, 0.2) is 0 Å². The normalized spacial score (nSPS) is 10.6. The Morgan fingerprint density at radius 2 is 2.05 bits per heavy atom. The van der Waals surface area contributed by atoms with Gasteiger partial charge in [0.1, 0.15) is 17.9 Å². The van der Waals surface area contributed by atoms with E-state index in [0.29, 0.717) is 0 Å². The maximum Gasteiger partial charge on any atom is 0.573 e. The molecule has 0 bridgehead atoms. The van der Waals surface area contributed by atoms with Crippen LogP contribution in [0, 0.1) is 0 Å². The van der Waals surface area contributed by atoms with E-state index in [9.17, 15) is 22.8 Å². The number of carbonyl (C=O) groups is 2. The number of anilines is 1. The Hall–Kier alpha value is -2.71. The first-order chi connectivity index (χ1) is 9.73. The van der Waals surface area contributed by atoms with Crippen LogP contribution in [0.25, 0.3) is 0 Å². The molecule has 0 fully saturated rings. The van der Waals surface area contributed by atoms with Crippen LogP contribution in [0.2, 0.25) is 0 Å². The third-order valence-corrected chi connectivity index (χ3v) is 2.02. The number of aromatic carboxylic acids is 1. The molecule has 0 aromatic heterocycles. The van der Waals surface area contributed by atoms with Gasteiger partial charge in [0.05, 0.1) is 0 Å². The summed E-state index contributed by atoms with van der Waals surface area (Å²) in [5.74, 6) is -2.55. The van der Waals surface area contributed by atoms with Gasteiger partial charge in [0.25, 0.3) is 0 Å². The second kappa shape index (κ2) is 6.64. The summed E-state index contributed by atoms with van der Waals surface area (Å²) in [6.45, 7) is 3.22. The van der Waals surface area contributed by atoms with Crippen LogP contribution in [0.5, 0.6) is 5.75 Å². The highest BCUT2D eigenvalue weighted by Crippen LogP contribution is 2.29. The lowest BCUT2D eigenvalue weighted by Crippen LogP contribution is -2.19. The van der Waals surface area contributed by atoms with Crippen molar-refractivity contribution in [2.45, 2.75) is 6.36 Å². The first-order valence-corrected chi connectivity index (χ1v) is 5.40. The molecule has 114 valence electrons. The van der Waals surface area contributed by atoms with Gasteiger partial charge in [-0.15, -0.1) is 13.2 Å². The van der Waals surface area contributed by atoms with Gasteiger partial charge in [-0.2, -0.15) is 0 Å². The monoisotopic (exact) mass is 305 g/mol. The van der Waals surface area contributed by atoms with Gasteiger partial charge in [-0.05, 0) is 12.1 Å². The third-order valence-electron chi connectivity index (χ3n) is 2.02. The van der Waals surface area contributed by atoms with Gasteiger partial charge in [0.2, 0.25) is 0 Å². The number of halogens is 3. The van der Waals surface area contributed by atoms with Crippen LogP contribution in [0.4, 0.5) is 23.7 Å². The highest BCUT2D eigenvalue weighted by atomic mass is 19.4. The molecule has 0 heterocycles. The zero-order valence-electron chi connectivity index (χ0n) is 10.4. The van der Waals surface area contributed by atoms with Crippen molar-refractivity contribution in [3.8, 4) is 5.75 Å². The summed E-state index contributed by atoms with van der Waals surface area (Å²) in [6, 6.07) is 2.69. The number of rotatable bonds is 5. The zero-order valence-corrected chi connectivity index (χ0v) is 10.4. The number of alkyl halides is 3. The molecule has 0 atom stereocenters. The summed E-state index contributed by atoms with van der Waals surface area (Å²) >= 11 is 0. The Kier molecular flexibility index (Phi) is 5.17. The van der Waals surface area contributed by atoms with Crippen LogP contribution in [0.3, 0.4) is 0 Å². The molecule has 0 aliphatic heterocycles. The van der Waals surface area contributed by atoms with Crippen molar-refractivity contribution in [2.75, 3.05) is 11.9 Å². The van der Waals surface area contributed by atoms with Crippen molar-refractivity contribution in [2.24, 2.45) is 0 Å². The average Bonchev–Trinajstić information content (AvgIpc) is 2.34. The summed E-state index contributed by atoms with van der Waals surface area (Å²) in [4.78, 5) is 22.0. The largest absolute Gasteiger partial charge is 0.573 e. The van der Waals surface area contributed by atoms with E-state index in [1.165, 1.54) is 6.08 Å². The molecule has 6 nitrogen and oxygen atoms in total. The number of amides is 1. The molecule has 9 heteroatoms. The van der Waals surface area contributed by atoms with Crippen LogP contribution in [-0.2, 0) is 4.74 Å². The Labute approximate surface area is 116 Å². The number of carboxylic acid groups (broad SMARTS) is 1. The first kappa shape index (κ1) is 16.3. The van der Waals surface area contributed by atoms with Crippen LogP contribution in [0.1, 0.15) is 10.4 Å². The second-order valence-electron chi connectivity index (χ2n) is 3.58. The fourth-order valence-corrected chi connectivity index (χ4v) is 1.27. The van der Waals surface area contributed by atoms with Gasteiger partial charge < -0.3 is 14.6 Å². The van der Waals surface area contributed by atoms with Crippen LogP contribution >= 0.6 is 0 Å². The van der Waals surface area contributed by atoms with Gasteiger partial charge in [-0.3, -0.25) is 5.32 Å². The smallest absolute Gasteiger partial charge is 0.478 e. The van der Waals surface area contributed by atoms with E-state index in [0.717, 1.165) is 18.2 Å². The molecule has 1 amide bonds. The topological polar surface area (TPSA) is 84.9 Å². The summed E-state index contributed by atoms with van der Waals surface area (Å²) in [6.07, 6.45) is -4.70. The van der Waals surface area contributed by atoms with E-state index in [1.807, 2.05) is 0 Å². The minimum absolute atomic E-state index is 0.0923. The highest BCUT2D eigenvalue weighted by molar-refractivity contribution is 5.93. The molecule has 0 saturated carbocycles. The fraction of sp³-hybridized carbons (Fsp3) is 0.167. The van der Waals surface area contributed by atoms with E-state index >= 15 is 0 Å². The van der Waals surface area contributed by atoms with Crippen molar-refractivity contribution < 1.29 is 37.3 Å². The number of nitrogens with one attached hydrogen (secondary N) is 1. The molecule has 0 aliphatic rings. The molecule has 21 heavy (non-hydrogen) atoms. The zero-order chi connectivity index (χ0) is 16.0. The van der Waals surface area contributed by atoms with E-state index in [1.54, 1.807) is 0 Å².